The van der Waals surface area contributed by atoms with Gasteiger partial charge in [0.25, 0.3) is 0 Å². The summed E-state index contributed by atoms with van der Waals surface area (Å²) in [5.41, 5.74) is 1.06. The maximum Gasteiger partial charge on any atom is 0 e. The van der Waals surface area contributed by atoms with E-state index in [0.717, 1.165) is 5.56 Å². The molecule has 0 saturated heterocycles. The van der Waals surface area contributed by atoms with E-state index in [0.29, 0.717) is 0 Å². The Labute approximate surface area is 65.5 Å². The van der Waals surface area contributed by atoms with Crippen molar-refractivity contribution in [3.63, 3.8) is 0 Å². The Morgan fingerprint density at radius 3 is 2.00 bits per heavy atom. The van der Waals surface area contributed by atoms with Crippen LogP contribution in [0.2, 0.25) is 0 Å². The Balaban J connectivity index is 0.000000640. The molecule has 0 aromatic heterocycles. The van der Waals surface area contributed by atoms with E-state index >= 15 is 0 Å². The molecule has 0 radical (unpaired) electrons. The molecule has 0 aliphatic rings. The molecule has 0 unspecified atom stereocenters. The zero-order chi connectivity index (χ0) is 5.82. The SMILES string of the molecule is [CH-]=Cc1ccccc1.[Ni]. The molecule has 1 rings (SSSR count). The standard InChI is InChI=1S/C8H7.Ni/c1-2-8-6-4-3-5-7-8;/h1-7H;/q-1;. The molecule has 50 valence electrons. The van der Waals surface area contributed by atoms with Crippen LogP contribution in [-0.2, 0) is 16.5 Å². The van der Waals surface area contributed by atoms with Crippen LogP contribution in [0.3, 0.4) is 0 Å². The normalized spacial score (nSPS) is 7.56. The molecular weight excluding hydrogens is 155 g/mol. The maximum absolute atomic E-state index is 5.22. The van der Waals surface area contributed by atoms with Gasteiger partial charge in [0.2, 0.25) is 0 Å². The summed E-state index contributed by atoms with van der Waals surface area (Å²) in [6, 6.07) is 9.80. The van der Waals surface area contributed by atoms with Gasteiger partial charge in [-0.25, -0.2) is 6.08 Å². The molecule has 9 heavy (non-hydrogen) atoms. The molecule has 0 aliphatic carbocycles. The summed E-state index contributed by atoms with van der Waals surface area (Å²) in [7, 11) is 0. The van der Waals surface area contributed by atoms with Gasteiger partial charge < -0.3 is 0 Å². The molecule has 0 nitrogen and oxygen atoms in total. The molecule has 0 spiro atoms. The van der Waals surface area contributed by atoms with Crippen LogP contribution in [0.15, 0.2) is 30.3 Å². The summed E-state index contributed by atoms with van der Waals surface area (Å²) < 4.78 is 0. The predicted molar refractivity (Wildman–Crippen MR) is 35.2 cm³/mol. The van der Waals surface area contributed by atoms with Crippen LogP contribution in [-0.4, -0.2) is 0 Å². The summed E-state index contributed by atoms with van der Waals surface area (Å²) in [4.78, 5) is 0. The molecule has 0 heterocycles. The van der Waals surface area contributed by atoms with E-state index in [9.17, 15) is 0 Å². The van der Waals surface area contributed by atoms with E-state index in [4.69, 9.17) is 6.58 Å². The van der Waals surface area contributed by atoms with Crippen LogP contribution in [0.4, 0.5) is 0 Å². The molecule has 1 aromatic carbocycles. The smallest absolute Gasteiger partial charge is 0 e. The largest absolute Gasteiger partial charge is 0.292 e. The second-order valence-electron chi connectivity index (χ2n) is 1.58. The first-order valence-electron chi connectivity index (χ1n) is 2.53. The summed E-state index contributed by atoms with van der Waals surface area (Å²) in [5.74, 6) is 0. The van der Waals surface area contributed by atoms with Gasteiger partial charge in [-0.2, -0.15) is 5.56 Å². The molecule has 0 aliphatic heterocycles. The number of benzene rings is 1. The fraction of sp³-hybridized carbons (Fsp3) is 0. The van der Waals surface area contributed by atoms with E-state index in [2.05, 4.69) is 0 Å². The number of rotatable bonds is 1. The van der Waals surface area contributed by atoms with Gasteiger partial charge in [-0.1, -0.05) is 18.2 Å². The summed E-state index contributed by atoms with van der Waals surface area (Å²) >= 11 is 0. The Morgan fingerprint density at radius 2 is 1.67 bits per heavy atom. The van der Waals surface area contributed by atoms with Gasteiger partial charge in [0, 0.05) is 16.5 Å². The van der Waals surface area contributed by atoms with Crippen LogP contribution in [0.1, 0.15) is 5.56 Å². The topological polar surface area (TPSA) is 0 Å². The molecule has 0 atom stereocenters. The summed E-state index contributed by atoms with van der Waals surface area (Å²) in [6.07, 6.45) is 1.58. The summed E-state index contributed by atoms with van der Waals surface area (Å²) in [5, 5.41) is 0. The van der Waals surface area contributed by atoms with Gasteiger partial charge in [0.1, 0.15) is 0 Å². The van der Waals surface area contributed by atoms with Crippen molar-refractivity contribution < 1.29 is 16.5 Å². The van der Waals surface area contributed by atoms with Gasteiger partial charge in [-0.15, -0.1) is 12.1 Å². The Morgan fingerprint density at radius 1 is 1.11 bits per heavy atom. The van der Waals surface area contributed by atoms with Crippen molar-refractivity contribution in [1.82, 2.24) is 0 Å². The van der Waals surface area contributed by atoms with E-state index in [1.165, 1.54) is 0 Å². The fourth-order valence-electron chi connectivity index (χ4n) is 0.564. The quantitative estimate of drug-likeness (QED) is 0.438. The van der Waals surface area contributed by atoms with Crippen molar-refractivity contribution in [3.05, 3.63) is 42.5 Å². The van der Waals surface area contributed by atoms with Crippen LogP contribution in [0.25, 0.3) is 6.08 Å². The average molecular weight is 162 g/mol. The third-order valence-corrected chi connectivity index (χ3v) is 0.992. The Kier molecular flexibility index (Phi) is 4.08. The second-order valence-corrected chi connectivity index (χ2v) is 1.58. The first kappa shape index (κ1) is 8.45. The van der Waals surface area contributed by atoms with Crippen molar-refractivity contribution in [3.8, 4) is 0 Å². The van der Waals surface area contributed by atoms with E-state index < -0.39 is 0 Å². The molecule has 1 heteroatoms. The molecule has 0 amide bonds. The van der Waals surface area contributed by atoms with Gasteiger partial charge in [0.05, 0.1) is 0 Å². The monoisotopic (exact) mass is 161 g/mol. The fourth-order valence-corrected chi connectivity index (χ4v) is 0.564. The van der Waals surface area contributed by atoms with Crippen molar-refractivity contribution in [2.75, 3.05) is 0 Å². The van der Waals surface area contributed by atoms with Crippen LogP contribution in [0.5, 0.6) is 0 Å². The van der Waals surface area contributed by atoms with Gasteiger partial charge in [-0.05, 0) is 0 Å². The van der Waals surface area contributed by atoms with Crippen molar-refractivity contribution >= 4 is 6.08 Å². The molecule has 0 N–H and O–H groups in total. The van der Waals surface area contributed by atoms with E-state index in [1.807, 2.05) is 30.3 Å². The molecular formula is C8H7Ni-. The van der Waals surface area contributed by atoms with Gasteiger partial charge >= 0.3 is 0 Å². The van der Waals surface area contributed by atoms with E-state index in [-0.39, 0.29) is 16.5 Å². The van der Waals surface area contributed by atoms with E-state index in [1.54, 1.807) is 6.08 Å². The zero-order valence-electron chi connectivity index (χ0n) is 4.86. The molecule has 0 fully saturated rings. The first-order valence-corrected chi connectivity index (χ1v) is 2.53. The summed E-state index contributed by atoms with van der Waals surface area (Å²) in [6.45, 7) is 5.22. The first-order chi connectivity index (χ1) is 3.93. The van der Waals surface area contributed by atoms with Gasteiger partial charge in [0.15, 0.2) is 0 Å². The minimum Gasteiger partial charge on any atom is -0.292 e. The Bertz CT molecular complexity index is 167. The van der Waals surface area contributed by atoms with Crippen LogP contribution >= 0.6 is 0 Å². The Hall–Kier alpha value is -0.546. The van der Waals surface area contributed by atoms with Gasteiger partial charge in [-0.3, -0.25) is 6.58 Å². The minimum atomic E-state index is 0. The molecule has 0 bridgehead atoms. The third-order valence-electron chi connectivity index (χ3n) is 0.992. The number of hydrogen-bond acceptors (Lipinski definition) is 0. The number of hydrogen-bond donors (Lipinski definition) is 0. The van der Waals surface area contributed by atoms with Crippen molar-refractivity contribution in [1.29, 1.82) is 0 Å². The molecule has 0 saturated carbocycles. The van der Waals surface area contributed by atoms with Crippen molar-refractivity contribution in [2.45, 2.75) is 0 Å². The van der Waals surface area contributed by atoms with Crippen LogP contribution in [0, 0.1) is 6.58 Å². The van der Waals surface area contributed by atoms with Crippen LogP contribution < -0.4 is 0 Å². The minimum absolute atomic E-state index is 0. The van der Waals surface area contributed by atoms with Crippen molar-refractivity contribution in [2.24, 2.45) is 0 Å². The molecule has 1 aromatic rings. The average Bonchev–Trinajstić information content (AvgIpc) is 1.90. The third kappa shape index (κ3) is 2.48. The second kappa shape index (κ2) is 4.34. The zero-order valence-corrected chi connectivity index (χ0v) is 5.85. The maximum atomic E-state index is 5.22. The predicted octanol–water partition coefficient (Wildman–Crippen LogP) is 2.13.